The van der Waals surface area contributed by atoms with E-state index in [2.05, 4.69) is 27.8 Å². The summed E-state index contributed by atoms with van der Waals surface area (Å²) in [5.41, 5.74) is 2.74. The Kier molecular flexibility index (Phi) is 3.84. The van der Waals surface area contributed by atoms with Gasteiger partial charge in [0.15, 0.2) is 0 Å². The van der Waals surface area contributed by atoms with Crippen LogP contribution in [0.1, 0.15) is 23.3 Å². The number of aromatic amines is 1. The van der Waals surface area contributed by atoms with E-state index in [1.54, 1.807) is 0 Å². The summed E-state index contributed by atoms with van der Waals surface area (Å²) < 4.78 is 0. The highest BCUT2D eigenvalue weighted by molar-refractivity contribution is 5.98. The van der Waals surface area contributed by atoms with Crippen LogP contribution in [0.2, 0.25) is 0 Å². The number of nitrogens with zero attached hydrogens (tertiary/aromatic N) is 1. The number of carbonyl (C=O) groups is 1. The number of amides is 1. The smallest absolute Gasteiger partial charge is 0.267 e. The standard InChI is InChI=1S/C16H22N4O/c1-20(2)13-6-5-11-8-15(19-14(11)9-13)16(21)18-12-4-3-7-17-10-12/h5-6,8-9,12,17,19H,3-4,7,10H2,1-2H3,(H,18,21). The molecular weight excluding hydrogens is 264 g/mol. The summed E-state index contributed by atoms with van der Waals surface area (Å²) in [5, 5.41) is 7.46. The van der Waals surface area contributed by atoms with Gasteiger partial charge in [-0.25, -0.2) is 0 Å². The highest BCUT2D eigenvalue weighted by Gasteiger charge is 2.17. The molecule has 2 heterocycles. The van der Waals surface area contributed by atoms with Crippen LogP contribution in [0.25, 0.3) is 10.9 Å². The third-order valence-electron chi connectivity index (χ3n) is 4.00. The van der Waals surface area contributed by atoms with E-state index in [0.717, 1.165) is 42.5 Å². The van der Waals surface area contributed by atoms with Gasteiger partial charge in [-0.2, -0.15) is 0 Å². The van der Waals surface area contributed by atoms with Crippen LogP contribution in [-0.2, 0) is 0 Å². The fourth-order valence-corrected chi connectivity index (χ4v) is 2.75. The van der Waals surface area contributed by atoms with E-state index in [9.17, 15) is 4.79 Å². The first-order valence-corrected chi connectivity index (χ1v) is 7.45. The highest BCUT2D eigenvalue weighted by Crippen LogP contribution is 2.21. The van der Waals surface area contributed by atoms with Gasteiger partial charge in [0.05, 0.1) is 0 Å². The predicted octanol–water partition coefficient (Wildman–Crippen LogP) is 1.72. The van der Waals surface area contributed by atoms with Gasteiger partial charge in [0, 0.05) is 43.3 Å². The van der Waals surface area contributed by atoms with Gasteiger partial charge in [-0.1, -0.05) is 6.07 Å². The van der Waals surface area contributed by atoms with E-state index in [0.29, 0.717) is 5.69 Å². The predicted molar refractivity (Wildman–Crippen MR) is 86.0 cm³/mol. The molecule has 1 unspecified atom stereocenters. The van der Waals surface area contributed by atoms with E-state index >= 15 is 0 Å². The Labute approximate surface area is 124 Å². The molecule has 1 saturated heterocycles. The fourth-order valence-electron chi connectivity index (χ4n) is 2.75. The average molecular weight is 286 g/mol. The molecule has 1 aromatic carbocycles. The van der Waals surface area contributed by atoms with Gasteiger partial charge >= 0.3 is 0 Å². The van der Waals surface area contributed by atoms with Crippen molar-refractivity contribution in [3.8, 4) is 0 Å². The fraction of sp³-hybridized carbons (Fsp3) is 0.438. The van der Waals surface area contributed by atoms with E-state index in [-0.39, 0.29) is 11.9 Å². The summed E-state index contributed by atoms with van der Waals surface area (Å²) in [6, 6.07) is 8.31. The molecule has 1 fully saturated rings. The van der Waals surface area contributed by atoms with Crippen LogP contribution < -0.4 is 15.5 Å². The van der Waals surface area contributed by atoms with Crippen molar-refractivity contribution in [3.05, 3.63) is 30.0 Å². The monoisotopic (exact) mass is 286 g/mol. The van der Waals surface area contributed by atoms with Gasteiger partial charge in [0.25, 0.3) is 5.91 Å². The lowest BCUT2D eigenvalue weighted by Crippen LogP contribution is -2.45. The number of aromatic nitrogens is 1. The molecule has 5 nitrogen and oxygen atoms in total. The van der Waals surface area contributed by atoms with Crippen LogP contribution in [0.15, 0.2) is 24.3 Å². The lowest BCUT2D eigenvalue weighted by molar-refractivity contribution is 0.0926. The molecule has 0 aliphatic carbocycles. The minimum Gasteiger partial charge on any atom is -0.378 e. The maximum atomic E-state index is 12.3. The van der Waals surface area contributed by atoms with Gasteiger partial charge < -0.3 is 20.5 Å². The number of hydrogen-bond acceptors (Lipinski definition) is 3. The van der Waals surface area contributed by atoms with Crippen molar-refractivity contribution in [1.82, 2.24) is 15.6 Å². The van der Waals surface area contributed by atoms with Gasteiger partial charge in [0.1, 0.15) is 5.69 Å². The first-order valence-electron chi connectivity index (χ1n) is 7.45. The minimum absolute atomic E-state index is 0.0219. The maximum absolute atomic E-state index is 12.3. The molecule has 1 aromatic heterocycles. The number of benzene rings is 1. The maximum Gasteiger partial charge on any atom is 0.267 e. The Morgan fingerprint density at radius 2 is 2.19 bits per heavy atom. The Morgan fingerprint density at radius 1 is 1.33 bits per heavy atom. The van der Waals surface area contributed by atoms with Gasteiger partial charge in [0.2, 0.25) is 0 Å². The number of hydrogen-bond donors (Lipinski definition) is 3. The van der Waals surface area contributed by atoms with Crippen LogP contribution in [0.5, 0.6) is 0 Å². The summed E-state index contributed by atoms with van der Waals surface area (Å²) in [6.45, 7) is 1.91. The molecule has 5 heteroatoms. The second-order valence-electron chi connectivity index (χ2n) is 5.87. The normalized spacial score (nSPS) is 18.7. The summed E-state index contributed by atoms with van der Waals surface area (Å²) >= 11 is 0. The molecular formula is C16H22N4O. The number of anilines is 1. The van der Waals surface area contributed by atoms with E-state index < -0.39 is 0 Å². The molecule has 3 rings (SSSR count). The Morgan fingerprint density at radius 3 is 2.90 bits per heavy atom. The Balaban J connectivity index is 1.78. The van der Waals surface area contributed by atoms with Crippen molar-refractivity contribution in [2.75, 3.05) is 32.1 Å². The van der Waals surface area contributed by atoms with Crippen LogP contribution in [0.3, 0.4) is 0 Å². The van der Waals surface area contributed by atoms with Crippen molar-refractivity contribution < 1.29 is 4.79 Å². The summed E-state index contributed by atoms with van der Waals surface area (Å²) in [7, 11) is 4.02. The molecule has 3 N–H and O–H groups in total. The number of fused-ring (bicyclic) bond motifs is 1. The van der Waals surface area contributed by atoms with Crippen molar-refractivity contribution >= 4 is 22.5 Å². The summed E-state index contributed by atoms with van der Waals surface area (Å²) in [6.07, 6.45) is 2.16. The van der Waals surface area contributed by atoms with E-state index in [1.165, 1.54) is 0 Å². The van der Waals surface area contributed by atoms with Crippen molar-refractivity contribution in [1.29, 1.82) is 0 Å². The molecule has 0 saturated carbocycles. The Hall–Kier alpha value is -2.01. The number of rotatable bonds is 3. The lowest BCUT2D eigenvalue weighted by atomic mass is 10.1. The summed E-state index contributed by atoms with van der Waals surface area (Å²) in [4.78, 5) is 17.6. The molecule has 1 atom stereocenters. The third-order valence-corrected chi connectivity index (χ3v) is 4.00. The second-order valence-corrected chi connectivity index (χ2v) is 5.87. The lowest BCUT2D eigenvalue weighted by Gasteiger charge is -2.23. The quantitative estimate of drug-likeness (QED) is 0.805. The number of carbonyl (C=O) groups excluding carboxylic acids is 1. The molecule has 1 aliphatic heterocycles. The molecule has 0 radical (unpaired) electrons. The average Bonchev–Trinajstić information content (AvgIpc) is 2.91. The molecule has 0 spiro atoms. The summed E-state index contributed by atoms with van der Waals surface area (Å²) in [5.74, 6) is -0.0219. The van der Waals surface area contributed by atoms with Crippen LogP contribution in [-0.4, -0.2) is 44.1 Å². The van der Waals surface area contributed by atoms with Gasteiger partial charge in [-0.05, 0) is 37.6 Å². The SMILES string of the molecule is CN(C)c1ccc2cc(C(=O)NC3CCCNC3)[nH]c2c1. The minimum atomic E-state index is -0.0219. The number of nitrogens with one attached hydrogen (secondary N) is 3. The van der Waals surface area contributed by atoms with Crippen LogP contribution >= 0.6 is 0 Å². The molecule has 1 amide bonds. The van der Waals surface area contributed by atoms with Gasteiger partial charge in [-0.15, -0.1) is 0 Å². The second kappa shape index (κ2) is 5.77. The zero-order valence-corrected chi connectivity index (χ0v) is 12.6. The first-order chi connectivity index (χ1) is 10.1. The van der Waals surface area contributed by atoms with Crippen LogP contribution in [0.4, 0.5) is 5.69 Å². The largest absolute Gasteiger partial charge is 0.378 e. The third kappa shape index (κ3) is 3.03. The Bertz CT molecular complexity index is 641. The van der Waals surface area contributed by atoms with Gasteiger partial charge in [-0.3, -0.25) is 4.79 Å². The van der Waals surface area contributed by atoms with E-state index in [1.807, 2.05) is 31.1 Å². The van der Waals surface area contributed by atoms with Crippen molar-refractivity contribution in [2.45, 2.75) is 18.9 Å². The molecule has 2 aromatic rings. The molecule has 112 valence electrons. The first kappa shape index (κ1) is 13.9. The van der Waals surface area contributed by atoms with E-state index in [4.69, 9.17) is 0 Å². The molecule has 0 bridgehead atoms. The number of piperidine rings is 1. The highest BCUT2D eigenvalue weighted by atomic mass is 16.1. The molecule has 21 heavy (non-hydrogen) atoms. The molecule has 1 aliphatic rings. The topological polar surface area (TPSA) is 60.2 Å². The zero-order valence-electron chi connectivity index (χ0n) is 12.6. The van der Waals surface area contributed by atoms with Crippen LogP contribution in [0, 0.1) is 0 Å². The number of H-pyrrole nitrogens is 1. The van der Waals surface area contributed by atoms with Crippen molar-refractivity contribution in [2.24, 2.45) is 0 Å². The zero-order chi connectivity index (χ0) is 14.8. The van der Waals surface area contributed by atoms with Crippen molar-refractivity contribution in [3.63, 3.8) is 0 Å².